The maximum absolute atomic E-state index is 11.0. The van der Waals surface area contributed by atoms with Gasteiger partial charge in [0.25, 0.3) is 0 Å². The van der Waals surface area contributed by atoms with E-state index in [4.69, 9.17) is 5.11 Å². The number of H-pyrrole nitrogens is 1. The van der Waals surface area contributed by atoms with Crippen molar-refractivity contribution in [3.63, 3.8) is 0 Å². The fourth-order valence-corrected chi connectivity index (χ4v) is 2.52. The number of carbonyl (C=O) groups is 1. The van der Waals surface area contributed by atoms with Crippen molar-refractivity contribution < 1.29 is 9.90 Å². The topological polar surface area (TPSA) is 56.3 Å². The molecule has 3 aromatic rings. The molecule has 0 aliphatic heterocycles. The van der Waals surface area contributed by atoms with Crippen molar-refractivity contribution >= 4 is 22.6 Å². The molecule has 0 amide bonds. The Kier molecular flexibility index (Phi) is 3.14. The van der Waals surface area contributed by atoms with E-state index in [-0.39, 0.29) is 5.69 Å². The molecular weight excluding hydrogens is 264 g/mol. The van der Waals surface area contributed by atoms with Gasteiger partial charge in [0.2, 0.25) is 0 Å². The number of aromatic carboxylic acids is 1. The minimum absolute atomic E-state index is 0.211. The van der Waals surface area contributed by atoms with Gasteiger partial charge in [-0.25, -0.2) is 4.79 Å². The number of aromatic amines is 1. The van der Waals surface area contributed by atoms with Crippen LogP contribution in [0.25, 0.3) is 22.0 Å². The SMILES string of the molecule is CN(C)c1ccccc1-c1ccc2[nH]c(C(=O)O)cc2c1. The number of nitrogens with one attached hydrogen (secondary N) is 1. The first kappa shape index (κ1) is 13.2. The minimum atomic E-state index is -0.943. The molecule has 21 heavy (non-hydrogen) atoms. The summed E-state index contributed by atoms with van der Waals surface area (Å²) in [5.41, 5.74) is 4.37. The summed E-state index contributed by atoms with van der Waals surface area (Å²) in [5, 5.41) is 9.95. The van der Waals surface area contributed by atoms with Crippen LogP contribution in [0.1, 0.15) is 10.5 Å². The van der Waals surface area contributed by atoms with Crippen molar-refractivity contribution in [2.45, 2.75) is 0 Å². The maximum Gasteiger partial charge on any atom is 0.352 e. The average molecular weight is 280 g/mol. The van der Waals surface area contributed by atoms with E-state index in [2.05, 4.69) is 22.0 Å². The zero-order valence-electron chi connectivity index (χ0n) is 11.9. The molecule has 0 fully saturated rings. The molecule has 1 heterocycles. The van der Waals surface area contributed by atoms with Gasteiger partial charge in [-0.2, -0.15) is 0 Å². The molecular formula is C17H16N2O2. The van der Waals surface area contributed by atoms with Gasteiger partial charge in [-0.15, -0.1) is 0 Å². The molecule has 0 saturated carbocycles. The molecule has 3 rings (SSSR count). The van der Waals surface area contributed by atoms with Gasteiger partial charge in [0.1, 0.15) is 5.69 Å². The summed E-state index contributed by atoms with van der Waals surface area (Å²) in [7, 11) is 4.02. The maximum atomic E-state index is 11.0. The summed E-state index contributed by atoms with van der Waals surface area (Å²) in [4.78, 5) is 16.0. The number of anilines is 1. The molecule has 0 spiro atoms. The van der Waals surface area contributed by atoms with E-state index >= 15 is 0 Å². The standard InChI is InChI=1S/C17H16N2O2/c1-19(2)16-6-4-3-5-13(16)11-7-8-14-12(9-11)10-15(18-14)17(20)21/h3-10,18H,1-2H3,(H,20,21). The Morgan fingerprint density at radius 1 is 1.10 bits per heavy atom. The van der Waals surface area contributed by atoms with Crippen molar-refractivity contribution in [3.8, 4) is 11.1 Å². The number of carboxylic acid groups (broad SMARTS) is 1. The molecule has 0 aliphatic rings. The average Bonchev–Trinajstić information content (AvgIpc) is 2.90. The zero-order chi connectivity index (χ0) is 15.0. The van der Waals surface area contributed by atoms with Crippen LogP contribution in [0.3, 0.4) is 0 Å². The molecule has 0 bridgehead atoms. The molecule has 1 aromatic heterocycles. The molecule has 0 radical (unpaired) electrons. The highest BCUT2D eigenvalue weighted by Crippen LogP contribution is 2.31. The monoisotopic (exact) mass is 280 g/mol. The lowest BCUT2D eigenvalue weighted by atomic mass is 10.0. The lowest BCUT2D eigenvalue weighted by molar-refractivity contribution is 0.0691. The van der Waals surface area contributed by atoms with Crippen LogP contribution < -0.4 is 4.90 Å². The second-order valence-corrected chi connectivity index (χ2v) is 5.20. The van der Waals surface area contributed by atoms with Crippen molar-refractivity contribution in [1.29, 1.82) is 0 Å². The summed E-state index contributed by atoms with van der Waals surface area (Å²) in [6.07, 6.45) is 0. The summed E-state index contributed by atoms with van der Waals surface area (Å²) in [6.45, 7) is 0. The highest BCUT2D eigenvalue weighted by Gasteiger charge is 2.10. The zero-order valence-corrected chi connectivity index (χ0v) is 11.9. The van der Waals surface area contributed by atoms with Crippen molar-refractivity contribution in [3.05, 3.63) is 54.2 Å². The second-order valence-electron chi connectivity index (χ2n) is 5.20. The fourth-order valence-electron chi connectivity index (χ4n) is 2.52. The van der Waals surface area contributed by atoms with Gasteiger partial charge in [-0.1, -0.05) is 24.3 Å². The van der Waals surface area contributed by atoms with E-state index in [0.717, 1.165) is 27.7 Å². The van der Waals surface area contributed by atoms with Gasteiger partial charge in [-0.05, 0) is 29.8 Å². The molecule has 2 aromatic carbocycles. The first-order valence-corrected chi connectivity index (χ1v) is 6.69. The molecule has 106 valence electrons. The highest BCUT2D eigenvalue weighted by atomic mass is 16.4. The fraction of sp³-hybridized carbons (Fsp3) is 0.118. The van der Waals surface area contributed by atoms with Crippen LogP contribution in [-0.2, 0) is 0 Å². The van der Waals surface area contributed by atoms with Crippen molar-refractivity contribution in [1.82, 2.24) is 4.98 Å². The van der Waals surface area contributed by atoms with Crippen LogP contribution in [-0.4, -0.2) is 30.2 Å². The number of fused-ring (bicyclic) bond motifs is 1. The number of hydrogen-bond acceptors (Lipinski definition) is 2. The van der Waals surface area contributed by atoms with Gasteiger partial charge >= 0.3 is 5.97 Å². The van der Waals surface area contributed by atoms with Gasteiger partial charge in [-0.3, -0.25) is 0 Å². The first-order valence-electron chi connectivity index (χ1n) is 6.69. The summed E-state index contributed by atoms with van der Waals surface area (Å²) in [6, 6.07) is 15.8. The smallest absolute Gasteiger partial charge is 0.352 e. The van der Waals surface area contributed by atoms with Crippen LogP contribution in [0, 0.1) is 0 Å². The predicted molar refractivity (Wildman–Crippen MR) is 85.0 cm³/mol. The van der Waals surface area contributed by atoms with E-state index < -0.39 is 5.97 Å². The molecule has 2 N–H and O–H groups in total. The number of hydrogen-bond donors (Lipinski definition) is 2. The number of aromatic nitrogens is 1. The Hall–Kier alpha value is -2.75. The predicted octanol–water partition coefficient (Wildman–Crippen LogP) is 3.60. The summed E-state index contributed by atoms with van der Waals surface area (Å²) < 4.78 is 0. The number of nitrogens with zero attached hydrogens (tertiary/aromatic N) is 1. The molecule has 0 aliphatic carbocycles. The number of benzene rings is 2. The van der Waals surface area contributed by atoms with Crippen LogP contribution in [0.2, 0.25) is 0 Å². The Bertz CT molecular complexity index is 819. The van der Waals surface area contributed by atoms with E-state index in [0.29, 0.717) is 0 Å². The third kappa shape index (κ3) is 2.36. The summed E-state index contributed by atoms with van der Waals surface area (Å²) >= 11 is 0. The van der Waals surface area contributed by atoms with E-state index in [1.54, 1.807) is 6.07 Å². The van der Waals surface area contributed by atoms with Gasteiger partial charge < -0.3 is 15.0 Å². The second kappa shape index (κ2) is 4.98. The van der Waals surface area contributed by atoms with Crippen LogP contribution >= 0.6 is 0 Å². The van der Waals surface area contributed by atoms with Crippen LogP contribution in [0.15, 0.2) is 48.5 Å². The lowest BCUT2D eigenvalue weighted by Gasteiger charge is -2.17. The van der Waals surface area contributed by atoms with E-state index in [1.165, 1.54) is 0 Å². The number of rotatable bonds is 3. The Labute approximate surface area is 122 Å². The number of carboxylic acids is 1. The van der Waals surface area contributed by atoms with Crippen LogP contribution in [0.4, 0.5) is 5.69 Å². The highest BCUT2D eigenvalue weighted by molar-refractivity contribution is 5.96. The largest absolute Gasteiger partial charge is 0.477 e. The van der Waals surface area contributed by atoms with Gasteiger partial charge in [0.05, 0.1) is 0 Å². The van der Waals surface area contributed by atoms with Crippen molar-refractivity contribution in [2.24, 2.45) is 0 Å². The van der Waals surface area contributed by atoms with E-state index in [1.807, 2.05) is 44.4 Å². The normalized spacial score (nSPS) is 10.8. The molecule has 0 atom stereocenters. The quantitative estimate of drug-likeness (QED) is 0.770. The Balaban J connectivity index is 2.15. The molecule has 4 nitrogen and oxygen atoms in total. The minimum Gasteiger partial charge on any atom is -0.477 e. The third-order valence-electron chi connectivity index (χ3n) is 3.55. The number of para-hydroxylation sites is 1. The van der Waals surface area contributed by atoms with Gasteiger partial charge in [0, 0.05) is 36.2 Å². The van der Waals surface area contributed by atoms with E-state index in [9.17, 15) is 4.79 Å². The molecule has 4 heteroatoms. The summed E-state index contributed by atoms with van der Waals surface area (Å²) in [5.74, 6) is -0.943. The van der Waals surface area contributed by atoms with Crippen LogP contribution in [0.5, 0.6) is 0 Å². The first-order chi connectivity index (χ1) is 10.1. The molecule has 0 saturated heterocycles. The third-order valence-corrected chi connectivity index (χ3v) is 3.55. The molecule has 0 unspecified atom stereocenters. The lowest BCUT2D eigenvalue weighted by Crippen LogP contribution is -2.09. The van der Waals surface area contributed by atoms with Crippen molar-refractivity contribution in [2.75, 3.05) is 19.0 Å². The Morgan fingerprint density at radius 3 is 2.57 bits per heavy atom. The Morgan fingerprint density at radius 2 is 1.86 bits per heavy atom. The van der Waals surface area contributed by atoms with Gasteiger partial charge in [0.15, 0.2) is 0 Å².